The van der Waals surface area contributed by atoms with Gasteiger partial charge in [0.2, 0.25) is 0 Å². The van der Waals surface area contributed by atoms with E-state index in [1.807, 2.05) is 0 Å². The van der Waals surface area contributed by atoms with Crippen LogP contribution < -0.4 is 0 Å². The van der Waals surface area contributed by atoms with E-state index in [4.69, 9.17) is 26.6 Å². The molecule has 0 spiro atoms. The summed E-state index contributed by atoms with van der Waals surface area (Å²) in [5, 5.41) is 0. The molecule has 8 nitrogen and oxygen atoms in total. The number of esters is 2. The molecule has 0 amide bonds. The van der Waals surface area contributed by atoms with Crippen LogP contribution in [0.25, 0.3) is 0 Å². The Bertz CT molecular complexity index is 609. The fourth-order valence-corrected chi connectivity index (χ4v) is 17.5. The van der Waals surface area contributed by atoms with Gasteiger partial charge in [-0.2, -0.15) is 0 Å². The van der Waals surface area contributed by atoms with Crippen molar-refractivity contribution in [3.8, 4) is 0 Å². The highest BCUT2D eigenvalue weighted by molar-refractivity contribution is 6.90. The van der Waals surface area contributed by atoms with Gasteiger partial charge in [-0.25, -0.2) is 4.79 Å². The summed E-state index contributed by atoms with van der Waals surface area (Å²) in [5.74, 6) is -0.990. The molecule has 0 bridgehead atoms. The zero-order valence-electron chi connectivity index (χ0n) is 22.6. The van der Waals surface area contributed by atoms with Crippen LogP contribution >= 0.6 is 0 Å². The van der Waals surface area contributed by atoms with Gasteiger partial charge in [-0.1, -0.05) is 6.58 Å². The van der Waals surface area contributed by atoms with Gasteiger partial charge in [-0.15, -0.1) is 0 Å². The number of hydrogen-bond donors (Lipinski definition) is 0. The van der Waals surface area contributed by atoms with E-state index in [0.29, 0.717) is 19.1 Å². The zero-order valence-corrected chi connectivity index (χ0v) is 26.6. The first-order valence-corrected chi connectivity index (χ1v) is 23.6. The highest BCUT2D eigenvalue weighted by Gasteiger charge is 2.49. The SMILES string of the molecule is C=C(C)C(=O)OCC(COCCC[Si](O[Si](C)(C)C)(O[Si](C)(C)C)O[Si](C)(C)C)OC(C)=O. The van der Waals surface area contributed by atoms with Crippen molar-refractivity contribution < 1.29 is 36.1 Å². The number of carbonyl (C=O) groups excluding carboxylic acids is 2. The Kier molecular flexibility index (Phi) is 13.2. The molecule has 0 aromatic carbocycles. The minimum Gasteiger partial charge on any atom is -0.458 e. The van der Waals surface area contributed by atoms with Crippen molar-refractivity contribution in [3.05, 3.63) is 12.2 Å². The molecule has 12 heteroatoms. The van der Waals surface area contributed by atoms with Gasteiger partial charge >= 0.3 is 20.7 Å². The third-order valence-corrected chi connectivity index (χ3v) is 15.6. The molecule has 0 heterocycles. The molecule has 0 aromatic heterocycles. The van der Waals surface area contributed by atoms with E-state index in [-0.39, 0.29) is 18.8 Å². The molecule has 0 saturated heterocycles. The van der Waals surface area contributed by atoms with Crippen LogP contribution in [0.3, 0.4) is 0 Å². The summed E-state index contributed by atoms with van der Waals surface area (Å²) in [6, 6.07) is 0.661. The second kappa shape index (κ2) is 13.5. The molecule has 0 aliphatic carbocycles. The van der Waals surface area contributed by atoms with Gasteiger partial charge in [-0.3, -0.25) is 4.79 Å². The molecular weight excluding hydrogens is 493 g/mol. The van der Waals surface area contributed by atoms with Gasteiger partial charge < -0.3 is 26.6 Å². The molecule has 0 aromatic rings. The molecule has 0 fully saturated rings. The quantitative estimate of drug-likeness (QED) is 0.118. The first-order chi connectivity index (χ1) is 14.7. The molecule has 33 heavy (non-hydrogen) atoms. The summed E-state index contributed by atoms with van der Waals surface area (Å²) in [6.07, 6.45) is 0.00629. The van der Waals surface area contributed by atoms with Crippen LogP contribution in [0.4, 0.5) is 0 Å². The van der Waals surface area contributed by atoms with E-state index in [9.17, 15) is 9.59 Å². The Labute approximate surface area is 205 Å². The molecule has 0 radical (unpaired) electrons. The lowest BCUT2D eigenvalue weighted by Gasteiger charge is -2.42. The van der Waals surface area contributed by atoms with Crippen molar-refractivity contribution in [1.82, 2.24) is 0 Å². The minimum atomic E-state index is -2.91. The van der Waals surface area contributed by atoms with E-state index < -0.39 is 51.8 Å². The Morgan fingerprint density at radius 3 is 1.61 bits per heavy atom. The van der Waals surface area contributed by atoms with Gasteiger partial charge in [0.05, 0.1) is 6.61 Å². The normalized spacial score (nSPS) is 14.0. The van der Waals surface area contributed by atoms with E-state index in [2.05, 4.69) is 65.5 Å². The van der Waals surface area contributed by atoms with Crippen molar-refractivity contribution in [2.24, 2.45) is 0 Å². The van der Waals surface area contributed by atoms with Crippen molar-refractivity contribution in [2.45, 2.75) is 91.3 Å². The number of hydrogen-bond acceptors (Lipinski definition) is 8. The fraction of sp³-hybridized carbons (Fsp3) is 0.810. The molecule has 0 rings (SSSR count). The lowest BCUT2D eigenvalue weighted by atomic mass is 10.3. The summed E-state index contributed by atoms with van der Waals surface area (Å²) < 4.78 is 36.1. The molecular formula is C21H46O8Si4. The summed E-state index contributed by atoms with van der Waals surface area (Å²) in [5.41, 5.74) is 0.283. The van der Waals surface area contributed by atoms with Crippen molar-refractivity contribution in [1.29, 1.82) is 0 Å². The molecule has 0 saturated carbocycles. The van der Waals surface area contributed by atoms with Gasteiger partial charge in [0.1, 0.15) is 6.61 Å². The number of rotatable bonds is 16. The van der Waals surface area contributed by atoms with Gasteiger partial charge in [-0.05, 0) is 72.3 Å². The van der Waals surface area contributed by atoms with Crippen molar-refractivity contribution in [3.63, 3.8) is 0 Å². The maximum atomic E-state index is 11.6. The average Bonchev–Trinajstić information content (AvgIpc) is 2.53. The van der Waals surface area contributed by atoms with Crippen LogP contribution in [0.15, 0.2) is 12.2 Å². The van der Waals surface area contributed by atoms with Gasteiger partial charge in [0.15, 0.2) is 31.1 Å². The van der Waals surface area contributed by atoms with Crippen LogP contribution in [-0.2, 0) is 36.1 Å². The highest BCUT2D eigenvalue weighted by Crippen LogP contribution is 2.29. The average molecular weight is 539 g/mol. The number of carbonyl (C=O) groups is 2. The molecule has 1 atom stereocenters. The molecule has 0 aliphatic rings. The highest BCUT2D eigenvalue weighted by atomic mass is 28.5. The number of ether oxygens (including phenoxy) is 3. The van der Waals surface area contributed by atoms with E-state index >= 15 is 0 Å². The summed E-state index contributed by atoms with van der Waals surface area (Å²) in [6.45, 7) is 26.3. The van der Waals surface area contributed by atoms with Crippen LogP contribution in [0, 0.1) is 0 Å². The van der Waals surface area contributed by atoms with Gasteiger partial charge in [0, 0.05) is 25.1 Å². The predicted octanol–water partition coefficient (Wildman–Crippen LogP) is 4.94. The molecule has 0 aliphatic heterocycles. The lowest BCUT2D eigenvalue weighted by molar-refractivity contribution is -0.159. The standard InChI is InChI=1S/C21H46O8Si4/c1-18(2)21(23)25-17-20(26-19(3)22)16-24-14-13-15-33(27-30(4,5)6,28-31(7,8)9)29-32(10,11)12/h20H,1,13-17H2,2-12H3. The van der Waals surface area contributed by atoms with E-state index in [1.165, 1.54) is 6.92 Å². The second-order valence-corrected chi connectivity index (χ2v) is 28.1. The van der Waals surface area contributed by atoms with Crippen LogP contribution in [-0.4, -0.2) is 71.6 Å². The van der Waals surface area contributed by atoms with Crippen LogP contribution in [0.5, 0.6) is 0 Å². The Balaban J connectivity index is 5.14. The monoisotopic (exact) mass is 538 g/mol. The van der Waals surface area contributed by atoms with E-state index in [1.54, 1.807) is 6.92 Å². The molecule has 0 N–H and O–H groups in total. The van der Waals surface area contributed by atoms with Crippen molar-refractivity contribution >= 4 is 45.7 Å². The smallest absolute Gasteiger partial charge is 0.458 e. The lowest BCUT2D eigenvalue weighted by Crippen LogP contribution is -2.60. The maximum absolute atomic E-state index is 11.6. The molecule has 194 valence electrons. The summed E-state index contributed by atoms with van der Waals surface area (Å²) >= 11 is 0. The topological polar surface area (TPSA) is 89.5 Å². The van der Waals surface area contributed by atoms with Crippen LogP contribution in [0.1, 0.15) is 20.3 Å². The molecule has 1 unspecified atom stereocenters. The Morgan fingerprint density at radius 1 is 0.788 bits per heavy atom. The zero-order chi connectivity index (χ0) is 26.1. The predicted molar refractivity (Wildman–Crippen MR) is 141 cm³/mol. The van der Waals surface area contributed by atoms with Gasteiger partial charge in [0.25, 0.3) is 0 Å². The fourth-order valence-electron chi connectivity index (χ4n) is 2.86. The van der Waals surface area contributed by atoms with E-state index in [0.717, 1.165) is 0 Å². The maximum Gasteiger partial charge on any atom is 0.469 e. The third-order valence-electron chi connectivity index (χ3n) is 3.54. The first-order valence-electron chi connectivity index (χ1n) is 11.4. The minimum absolute atomic E-state index is 0.0832. The van der Waals surface area contributed by atoms with Crippen LogP contribution in [0.2, 0.25) is 65.0 Å². The summed E-state index contributed by atoms with van der Waals surface area (Å²) in [7, 11) is -8.68. The Morgan fingerprint density at radius 2 is 1.24 bits per heavy atom. The van der Waals surface area contributed by atoms with Crippen molar-refractivity contribution in [2.75, 3.05) is 19.8 Å². The second-order valence-electron chi connectivity index (χ2n) is 11.1. The third kappa shape index (κ3) is 17.5. The largest absolute Gasteiger partial charge is 0.469 e. The Hall–Kier alpha value is -0.612. The summed E-state index contributed by atoms with van der Waals surface area (Å²) in [4.78, 5) is 23.0. The first kappa shape index (κ1) is 32.4.